The minimum atomic E-state index is -0.526. The van der Waals surface area contributed by atoms with Crippen LogP contribution in [-0.2, 0) is 16.0 Å². The van der Waals surface area contributed by atoms with E-state index in [-0.39, 0.29) is 17.6 Å². The minimum absolute atomic E-state index is 0.00471. The molecule has 0 bridgehead atoms. The zero-order chi connectivity index (χ0) is 22.6. The third kappa shape index (κ3) is 4.29. The van der Waals surface area contributed by atoms with Gasteiger partial charge >= 0.3 is 0 Å². The molecule has 0 radical (unpaired) electrons. The lowest BCUT2D eigenvalue weighted by molar-refractivity contribution is -0.127. The van der Waals surface area contributed by atoms with Crippen LogP contribution in [0.15, 0.2) is 48.5 Å². The summed E-state index contributed by atoms with van der Waals surface area (Å²) in [5.41, 5.74) is 1.88. The highest BCUT2D eigenvalue weighted by molar-refractivity contribution is 6.02. The fourth-order valence-electron chi connectivity index (χ4n) is 5.43. The van der Waals surface area contributed by atoms with Gasteiger partial charge in [-0.25, -0.2) is 4.39 Å². The van der Waals surface area contributed by atoms with Gasteiger partial charge in [0.15, 0.2) is 0 Å². The standard InChI is InChI=1S/C26H31FN2O3/c1-32-18-17-29-25(31)22-8-4-3-7-21(22)23(26(29)14-5-2-6-15-26)24(30)28-16-13-19-9-11-20(27)12-10-19/h3-4,7-12,23H,2,5-6,13-18H2,1H3,(H,28,30). The Bertz CT molecular complexity index is 954. The first-order valence-electron chi connectivity index (χ1n) is 11.5. The highest BCUT2D eigenvalue weighted by atomic mass is 19.1. The first-order valence-corrected chi connectivity index (χ1v) is 11.5. The lowest BCUT2D eigenvalue weighted by Gasteiger charge is -2.53. The smallest absolute Gasteiger partial charge is 0.254 e. The summed E-state index contributed by atoms with van der Waals surface area (Å²) < 4.78 is 18.5. The highest BCUT2D eigenvalue weighted by Gasteiger charge is 2.54. The van der Waals surface area contributed by atoms with E-state index >= 15 is 0 Å². The molecule has 1 heterocycles. The molecule has 5 nitrogen and oxygen atoms in total. The van der Waals surface area contributed by atoms with Gasteiger partial charge in [-0.15, -0.1) is 0 Å². The Balaban J connectivity index is 1.63. The maximum atomic E-state index is 13.7. The van der Waals surface area contributed by atoms with E-state index in [9.17, 15) is 14.0 Å². The summed E-state index contributed by atoms with van der Waals surface area (Å²) in [6, 6.07) is 13.9. The van der Waals surface area contributed by atoms with Crippen LogP contribution in [0.1, 0.15) is 59.5 Å². The Labute approximate surface area is 188 Å². The Morgan fingerprint density at radius 1 is 1.12 bits per heavy atom. The molecule has 1 atom stereocenters. The molecule has 0 saturated heterocycles. The predicted molar refractivity (Wildman–Crippen MR) is 121 cm³/mol. The number of nitrogens with zero attached hydrogens (tertiary/aromatic N) is 1. The number of carbonyl (C=O) groups is 2. The van der Waals surface area contributed by atoms with Gasteiger partial charge < -0.3 is 15.0 Å². The number of rotatable bonds is 7. The van der Waals surface area contributed by atoms with Crippen LogP contribution in [-0.4, -0.2) is 49.1 Å². The number of methoxy groups -OCH3 is 1. The lowest BCUT2D eigenvalue weighted by Crippen LogP contribution is -2.63. The van der Waals surface area contributed by atoms with Gasteiger partial charge in [0.1, 0.15) is 5.82 Å². The number of carbonyl (C=O) groups excluding carboxylic acids is 2. The molecule has 32 heavy (non-hydrogen) atoms. The van der Waals surface area contributed by atoms with Crippen molar-refractivity contribution >= 4 is 11.8 Å². The molecule has 1 fully saturated rings. The monoisotopic (exact) mass is 438 g/mol. The second-order valence-corrected chi connectivity index (χ2v) is 8.80. The molecule has 1 aliphatic carbocycles. The zero-order valence-electron chi connectivity index (χ0n) is 18.6. The summed E-state index contributed by atoms with van der Waals surface area (Å²) >= 11 is 0. The average molecular weight is 439 g/mol. The van der Waals surface area contributed by atoms with E-state index in [1.807, 2.05) is 29.2 Å². The van der Waals surface area contributed by atoms with Gasteiger partial charge in [-0.1, -0.05) is 49.6 Å². The summed E-state index contributed by atoms with van der Waals surface area (Å²) in [5.74, 6) is -0.732. The first kappa shape index (κ1) is 22.5. The molecule has 1 N–H and O–H groups in total. The summed E-state index contributed by atoms with van der Waals surface area (Å²) in [6.45, 7) is 1.38. The Kier molecular flexibility index (Phi) is 6.89. The van der Waals surface area contributed by atoms with Crippen LogP contribution in [0.4, 0.5) is 4.39 Å². The highest BCUT2D eigenvalue weighted by Crippen LogP contribution is 2.49. The van der Waals surface area contributed by atoms with Crippen molar-refractivity contribution < 1.29 is 18.7 Å². The number of benzene rings is 2. The second-order valence-electron chi connectivity index (χ2n) is 8.80. The van der Waals surface area contributed by atoms with Crippen LogP contribution in [0.25, 0.3) is 0 Å². The van der Waals surface area contributed by atoms with E-state index in [1.165, 1.54) is 12.1 Å². The Morgan fingerprint density at radius 2 is 1.84 bits per heavy atom. The molecule has 6 heteroatoms. The molecule has 1 aliphatic heterocycles. The van der Waals surface area contributed by atoms with E-state index < -0.39 is 11.5 Å². The van der Waals surface area contributed by atoms with Crippen molar-refractivity contribution in [3.63, 3.8) is 0 Å². The molecule has 2 aliphatic rings. The van der Waals surface area contributed by atoms with Crippen LogP contribution >= 0.6 is 0 Å². The lowest BCUT2D eigenvalue weighted by atomic mass is 9.65. The van der Waals surface area contributed by atoms with Crippen molar-refractivity contribution in [3.8, 4) is 0 Å². The fourth-order valence-corrected chi connectivity index (χ4v) is 5.43. The molecule has 2 amide bonds. The van der Waals surface area contributed by atoms with Gasteiger partial charge in [0, 0.05) is 25.8 Å². The van der Waals surface area contributed by atoms with Crippen LogP contribution in [0.2, 0.25) is 0 Å². The topological polar surface area (TPSA) is 58.6 Å². The van der Waals surface area contributed by atoms with Crippen molar-refractivity contribution in [2.75, 3.05) is 26.8 Å². The Morgan fingerprint density at radius 3 is 2.56 bits per heavy atom. The van der Waals surface area contributed by atoms with Crippen molar-refractivity contribution in [2.45, 2.75) is 50.0 Å². The van der Waals surface area contributed by atoms with Gasteiger partial charge in [-0.05, 0) is 48.6 Å². The van der Waals surface area contributed by atoms with Crippen LogP contribution in [0.3, 0.4) is 0 Å². The van der Waals surface area contributed by atoms with E-state index in [4.69, 9.17) is 4.74 Å². The van der Waals surface area contributed by atoms with Crippen LogP contribution in [0.5, 0.6) is 0 Å². The molecule has 2 aromatic rings. The van der Waals surface area contributed by atoms with Crippen molar-refractivity contribution in [2.24, 2.45) is 0 Å². The van der Waals surface area contributed by atoms with Crippen LogP contribution in [0, 0.1) is 5.82 Å². The number of hydrogen-bond donors (Lipinski definition) is 1. The van der Waals surface area contributed by atoms with Crippen molar-refractivity contribution in [1.29, 1.82) is 0 Å². The zero-order valence-corrected chi connectivity index (χ0v) is 18.6. The number of ether oxygens (including phenoxy) is 1. The Hall–Kier alpha value is -2.73. The third-order valence-electron chi connectivity index (χ3n) is 6.95. The number of halogens is 1. The maximum Gasteiger partial charge on any atom is 0.254 e. The summed E-state index contributed by atoms with van der Waals surface area (Å²) in [5, 5.41) is 3.12. The molecular formula is C26H31FN2O3. The van der Waals surface area contributed by atoms with Gasteiger partial charge in [0.25, 0.3) is 5.91 Å². The molecule has 170 valence electrons. The minimum Gasteiger partial charge on any atom is -0.383 e. The summed E-state index contributed by atoms with van der Waals surface area (Å²) in [6.07, 6.45) is 5.37. The average Bonchev–Trinajstić information content (AvgIpc) is 2.81. The van der Waals surface area contributed by atoms with E-state index in [0.717, 1.165) is 43.2 Å². The summed E-state index contributed by atoms with van der Waals surface area (Å²) in [7, 11) is 1.63. The fraction of sp³-hybridized carbons (Fsp3) is 0.462. The number of hydrogen-bond acceptors (Lipinski definition) is 3. The van der Waals surface area contributed by atoms with E-state index in [1.54, 1.807) is 19.2 Å². The van der Waals surface area contributed by atoms with Gasteiger partial charge in [0.2, 0.25) is 5.91 Å². The third-order valence-corrected chi connectivity index (χ3v) is 6.95. The molecule has 4 rings (SSSR count). The second kappa shape index (κ2) is 9.82. The molecule has 2 aromatic carbocycles. The quantitative estimate of drug-likeness (QED) is 0.709. The molecule has 1 unspecified atom stereocenters. The van der Waals surface area contributed by atoms with Gasteiger partial charge in [0.05, 0.1) is 18.1 Å². The molecule has 0 aromatic heterocycles. The first-order chi connectivity index (χ1) is 15.6. The SMILES string of the molecule is COCCN1C(=O)c2ccccc2C(C(=O)NCCc2ccc(F)cc2)C12CCCCC2. The van der Waals surface area contributed by atoms with E-state index in [2.05, 4.69) is 5.32 Å². The van der Waals surface area contributed by atoms with Gasteiger partial charge in [-0.3, -0.25) is 9.59 Å². The molecule has 1 saturated carbocycles. The number of amides is 2. The van der Waals surface area contributed by atoms with Crippen molar-refractivity contribution in [1.82, 2.24) is 10.2 Å². The normalized spacial score (nSPS) is 19.6. The number of fused-ring (bicyclic) bond motifs is 1. The molecule has 1 spiro atoms. The number of nitrogens with one attached hydrogen (secondary N) is 1. The molecular weight excluding hydrogens is 407 g/mol. The largest absolute Gasteiger partial charge is 0.383 e. The van der Waals surface area contributed by atoms with Gasteiger partial charge in [-0.2, -0.15) is 0 Å². The van der Waals surface area contributed by atoms with Crippen molar-refractivity contribution in [3.05, 3.63) is 71.0 Å². The van der Waals surface area contributed by atoms with E-state index in [0.29, 0.717) is 31.7 Å². The predicted octanol–water partition coefficient (Wildman–Crippen LogP) is 4.07. The maximum absolute atomic E-state index is 13.7. The van der Waals surface area contributed by atoms with Crippen LogP contribution < -0.4 is 5.32 Å². The summed E-state index contributed by atoms with van der Waals surface area (Å²) in [4.78, 5) is 29.1.